The molecule has 1 aromatic carbocycles. The summed E-state index contributed by atoms with van der Waals surface area (Å²) in [7, 11) is -2.23. The van der Waals surface area contributed by atoms with Gasteiger partial charge in [-0.3, -0.25) is 9.59 Å². The van der Waals surface area contributed by atoms with Crippen LogP contribution in [0.25, 0.3) is 0 Å². The van der Waals surface area contributed by atoms with Crippen LogP contribution in [-0.2, 0) is 19.6 Å². The molecule has 168 valence electrons. The van der Waals surface area contributed by atoms with Crippen molar-refractivity contribution >= 4 is 21.9 Å². The Hall–Kier alpha value is -1.93. The van der Waals surface area contributed by atoms with Crippen molar-refractivity contribution in [3.05, 3.63) is 29.8 Å². The fourth-order valence-electron chi connectivity index (χ4n) is 3.90. The molecule has 30 heavy (non-hydrogen) atoms. The van der Waals surface area contributed by atoms with Crippen molar-refractivity contribution in [1.82, 2.24) is 9.62 Å². The summed E-state index contributed by atoms with van der Waals surface area (Å²) in [6.07, 6.45) is 4.81. The van der Waals surface area contributed by atoms with Gasteiger partial charge < -0.3 is 10.1 Å². The van der Waals surface area contributed by atoms with Crippen LogP contribution in [0.2, 0.25) is 0 Å². The number of nitrogens with one attached hydrogen (secondary N) is 1. The van der Waals surface area contributed by atoms with Gasteiger partial charge >= 0.3 is 5.97 Å². The fraction of sp³-hybridized carbons (Fsp3) is 0.636. The number of rotatable bonds is 10. The van der Waals surface area contributed by atoms with Gasteiger partial charge in [-0.05, 0) is 49.3 Å². The van der Waals surface area contributed by atoms with Crippen molar-refractivity contribution in [2.45, 2.75) is 57.3 Å². The molecule has 1 N–H and O–H groups in total. The number of piperidine rings is 1. The molecule has 1 heterocycles. The Kier molecular flexibility index (Phi) is 9.30. The van der Waals surface area contributed by atoms with Crippen molar-refractivity contribution in [3.63, 3.8) is 0 Å². The van der Waals surface area contributed by atoms with E-state index >= 15 is 0 Å². The topological polar surface area (TPSA) is 92.8 Å². The van der Waals surface area contributed by atoms with Crippen molar-refractivity contribution in [2.24, 2.45) is 11.8 Å². The molecule has 2 atom stereocenters. The average Bonchev–Trinajstić information content (AvgIpc) is 2.72. The third-order valence-electron chi connectivity index (χ3n) is 5.39. The first-order valence-corrected chi connectivity index (χ1v) is 12.1. The molecular weight excluding hydrogens is 404 g/mol. The number of esters is 1. The van der Waals surface area contributed by atoms with Crippen LogP contribution in [0.5, 0.6) is 0 Å². The maximum absolute atomic E-state index is 13.0. The van der Waals surface area contributed by atoms with Gasteiger partial charge in [0.15, 0.2) is 0 Å². The number of hydrogen-bond donors (Lipinski definition) is 1. The molecule has 1 aliphatic heterocycles. The van der Waals surface area contributed by atoms with E-state index < -0.39 is 10.0 Å². The quantitative estimate of drug-likeness (QED) is 0.447. The Morgan fingerprint density at radius 2 is 1.77 bits per heavy atom. The molecule has 2 rings (SSSR count). The number of carbonyl (C=O) groups excluding carboxylic acids is 2. The van der Waals surface area contributed by atoms with E-state index in [0.29, 0.717) is 43.5 Å². The highest BCUT2D eigenvalue weighted by Crippen LogP contribution is 2.27. The van der Waals surface area contributed by atoms with Gasteiger partial charge in [0.05, 0.1) is 12.0 Å². The van der Waals surface area contributed by atoms with E-state index in [1.807, 2.05) is 0 Å². The maximum atomic E-state index is 13.0. The van der Waals surface area contributed by atoms with Crippen molar-refractivity contribution in [1.29, 1.82) is 0 Å². The number of carbonyl (C=O) groups is 2. The molecular formula is C22H34N2O5S. The van der Waals surface area contributed by atoms with E-state index in [1.54, 1.807) is 18.2 Å². The Morgan fingerprint density at radius 1 is 1.10 bits per heavy atom. The van der Waals surface area contributed by atoms with Crippen LogP contribution >= 0.6 is 0 Å². The minimum atomic E-state index is -3.61. The van der Waals surface area contributed by atoms with E-state index in [-0.39, 0.29) is 16.8 Å². The first-order valence-electron chi connectivity index (χ1n) is 10.7. The molecule has 0 radical (unpaired) electrons. The number of benzene rings is 1. The first-order chi connectivity index (χ1) is 14.2. The zero-order valence-electron chi connectivity index (χ0n) is 18.2. The molecule has 0 spiro atoms. The third kappa shape index (κ3) is 7.09. The van der Waals surface area contributed by atoms with Crippen LogP contribution in [0.1, 0.15) is 62.7 Å². The number of sulfonamides is 1. The molecule has 8 heteroatoms. The van der Waals surface area contributed by atoms with E-state index in [9.17, 15) is 18.0 Å². The molecule has 0 bridgehead atoms. The second-order valence-corrected chi connectivity index (χ2v) is 10.2. The van der Waals surface area contributed by atoms with E-state index in [4.69, 9.17) is 0 Å². The predicted octanol–water partition coefficient (Wildman–Crippen LogP) is 3.21. The lowest BCUT2D eigenvalue weighted by Crippen LogP contribution is -2.42. The Balaban J connectivity index is 1.87. The lowest BCUT2D eigenvalue weighted by Gasteiger charge is -2.34. The Morgan fingerprint density at radius 3 is 2.43 bits per heavy atom. The molecule has 1 aliphatic rings. The molecule has 0 aliphatic carbocycles. The highest BCUT2D eigenvalue weighted by molar-refractivity contribution is 7.89. The molecule has 1 saturated heterocycles. The van der Waals surface area contributed by atoms with E-state index in [2.05, 4.69) is 23.9 Å². The van der Waals surface area contributed by atoms with Crippen LogP contribution in [0.3, 0.4) is 0 Å². The second-order valence-electron chi connectivity index (χ2n) is 8.29. The first kappa shape index (κ1) is 24.3. The van der Waals surface area contributed by atoms with Crippen LogP contribution in [-0.4, -0.2) is 51.3 Å². The fourth-order valence-corrected chi connectivity index (χ4v) is 5.63. The van der Waals surface area contributed by atoms with Gasteiger partial charge in [-0.2, -0.15) is 4.31 Å². The number of amides is 1. The molecule has 7 nitrogen and oxygen atoms in total. The van der Waals surface area contributed by atoms with Gasteiger partial charge in [0, 0.05) is 31.6 Å². The Bertz CT molecular complexity index is 815. The van der Waals surface area contributed by atoms with Gasteiger partial charge in [0.25, 0.3) is 5.91 Å². The third-order valence-corrected chi connectivity index (χ3v) is 7.22. The van der Waals surface area contributed by atoms with Crippen molar-refractivity contribution in [3.8, 4) is 0 Å². The monoisotopic (exact) mass is 438 g/mol. The molecule has 0 aromatic heterocycles. The maximum Gasteiger partial charge on any atom is 0.305 e. The predicted molar refractivity (Wildman–Crippen MR) is 116 cm³/mol. The number of hydrogen-bond acceptors (Lipinski definition) is 5. The van der Waals surface area contributed by atoms with E-state index in [1.165, 1.54) is 17.5 Å². The summed E-state index contributed by atoms with van der Waals surface area (Å²) in [6, 6.07) is 6.26. The average molecular weight is 439 g/mol. The smallest absolute Gasteiger partial charge is 0.305 e. The lowest BCUT2D eigenvalue weighted by atomic mass is 9.94. The van der Waals surface area contributed by atoms with Gasteiger partial charge in [-0.25, -0.2) is 8.42 Å². The zero-order valence-corrected chi connectivity index (χ0v) is 19.0. The molecule has 1 fully saturated rings. The number of nitrogens with zero attached hydrogens (tertiary/aromatic N) is 1. The summed E-state index contributed by atoms with van der Waals surface area (Å²) < 4.78 is 32.2. The number of methoxy groups -OCH3 is 1. The summed E-state index contributed by atoms with van der Waals surface area (Å²) in [4.78, 5) is 23.7. The largest absolute Gasteiger partial charge is 0.469 e. The van der Waals surface area contributed by atoms with Crippen LogP contribution in [0, 0.1) is 11.8 Å². The lowest BCUT2D eigenvalue weighted by molar-refractivity contribution is -0.140. The highest BCUT2D eigenvalue weighted by atomic mass is 32.2. The van der Waals surface area contributed by atoms with Crippen LogP contribution < -0.4 is 5.32 Å². The summed E-state index contributed by atoms with van der Waals surface area (Å²) in [5.41, 5.74) is 0.347. The molecule has 1 amide bonds. The van der Waals surface area contributed by atoms with Crippen LogP contribution in [0.15, 0.2) is 29.2 Å². The summed E-state index contributed by atoms with van der Waals surface area (Å²) in [5.74, 6) is 0.166. The number of ether oxygens (including phenoxy) is 1. The summed E-state index contributed by atoms with van der Waals surface area (Å²) in [6.45, 7) is 5.67. The SMILES string of the molecule is COC(=O)CCCCCCNC(=O)c1cccc(S(=O)(=O)N2CC(C)CC(C)C2)c1. The normalized spacial score (nSPS) is 20.0. The molecule has 2 unspecified atom stereocenters. The molecule has 1 aromatic rings. The summed E-state index contributed by atoms with van der Waals surface area (Å²) in [5, 5.41) is 2.84. The van der Waals surface area contributed by atoms with E-state index in [0.717, 1.165) is 32.1 Å². The molecule has 0 saturated carbocycles. The van der Waals surface area contributed by atoms with Gasteiger partial charge in [0.1, 0.15) is 0 Å². The van der Waals surface area contributed by atoms with Crippen LogP contribution in [0.4, 0.5) is 0 Å². The van der Waals surface area contributed by atoms with Gasteiger partial charge in [-0.1, -0.05) is 32.8 Å². The van der Waals surface area contributed by atoms with Crippen molar-refractivity contribution < 1.29 is 22.7 Å². The summed E-state index contributed by atoms with van der Waals surface area (Å²) >= 11 is 0. The number of unbranched alkanes of at least 4 members (excludes halogenated alkanes) is 3. The standard InChI is InChI=1S/C22H34N2O5S/c1-17-13-18(2)16-24(15-17)30(27,28)20-10-8-9-19(14-20)22(26)23-12-7-5-4-6-11-21(25)29-3/h8-10,14,17-18H,4-7,11-13,15-16H2,1-3H3,(H,23,26). The van der Waals surface area contributed by atoms with Gasteiger partial charge in [0.2, 0.25) is 10.0 Å². The Labute approximate surface area is 180 Å². The van der Waals surface area contributed by atoms with Gasteiger partial charge in [-0.15, -0.1) is 0 Å². The minimum Gasteiger partial charge on any atom is -0.469 e. The zero-order chi connectivity index (χ0) is 22.1. The van der Waals surface area contributed by atoms with Crippen molar-refractivity contribution in [2.75, 3.05) is 26.7 Å². The highest BCUT2D eigenvalue weighted by Gasteiger charge is 2.31. The second kappa shape index (κ2) is 11.5. The minimum absolute atomic E-state index is 0.166.